The lowest BCUT2D eigenvalue weighted by molar-refractivity contribution is -0.137. The van der Waals surface area contributed by atoms with Gasteiger partial charge < -0.3 is 0 Å². The molecule has 0 spiro atoms. The maximum absolute atomic E-state index is 12.2. The quantitative estimate of drug-likeness (QED) is 0.743. The highest BCUT2D eigenvalue weighted by molar-refractivity contribution is 7.98. The maximum Gasteiger partial charge on any atom is 0.416 e. The summed E-state index contributed by atoms with van der Waals surface area (Å²) in [6.45, 7) is 2.02. The fourth-order valence-electron chi connectivity index (χ4n) is 1.01. The third-order valence-corrected chi connectivity index (χ3v) is 2.70. The minimum atomic E-state index is -4.23. The van der Waals surface area contributed by atoms with Crippen molar-refractivity contribution in [3.63, 3.8) is 0 Å². The fourth-order valence-corrected chi connectivity index (χ4v) is 1.64. The van der Waals surface area contributed by atoms with Crippen molar-refractivity contribution in [1.29, 1.82) is 0 Å². The van der Waals surface area contributed by atoms with Crippen LogP contribution in [0.4, 0.5) is 13.2 Å². The molecule has 78 valence electrons. The van der Waals surface area contributed by atoms with E-state index in [1.54, 1.807) is 11.8 Å². The minimum Gasteiger partial charge on any atom is -0.166 e. The van der Waals surface area contributed by atoms with Crippen LogP contribution in [0.2, 0.25) is 0 Å². The van der Waals surface area contributed by atoms with E-state index >= 15 is 0 Å². The first-order chi connectivity index (χ1) is 6.54. The Kier molecular flexibility index (Phi) is 3.86. The Balaban J connectivity index is 2.69. The summed E-state index contributed by atoms with van der Waals surface area (Å²) in [6.07, 6.45) is -4.23. The second-order valence-corrected chi connectivity index (χ2v) is 4.11. The highest BCUT2D eigenvalue weighted by Gasteiger charge is 2.29. The smallest absolute Gasteiger partial charge is 0.166 e. The highest BCUT2D eigenvalue weighted by Crippen LogP contribution is 2.29. The van der Waals surface area contributed by atoms with Crippen LogP contribution in [0.15, 0.2) is 24.3 Å². The molecule has 0 unspecified atom stereocenters. The van der Waals surface area contributed by atoms with Gasteiger partial charge in [-0.25, -0.2) is 0 Å². The Morgan fingerprint density at radius 2 is 1.71 bits per heavy atom. The summed E-state index contributed by atoms with van der Waals surface area (Å²) in [7, 11) is 0. The summed E-state index contributed by atoms with van der Waals surface area (Å²) in [6, 6.07) is 5.33. The summed E-state index contributed by atoms with van der Waals surface area (Å²) in [5.74, 6) is 1.75. The Bertz CT molecular complexity index is 276. The van der Waals surface area contributed by atoms with E-state index in [1.165, 1.54) is 12.1 Å². The number of thioether (sulfide) groups is 1. The molecule has 14 heavy (non-hydrogen) atoms. The summed E-state index contributed by atoms with van der Waals surface area (Å²) in [4.78, 5) is 0. The lowest BCUT2D eigenvalue weighted by Crippen LogP contribution is -2.04. The lowest BCUT2D eigenvalue weighted by Gasteiger charge is -2.06. The van der Waals surface area contributed by atoms with Crippen molar-refractivity contribution < 1.29 is 13.2 Å². The van der Waals surface area contributed by atoms with Gasteiger partial charge in [-0.1, -0.05) is 19.1 Å². The predicted octanol–water partition coefficient (Wildman–Crippen LogP) is 3.96. The van der Waals surface area contributed by atoms with Crippen molar-refractivity contribution in [3.8, 4) is 0 Å². The molecule has 0 atom stereocenters. The van der Waals surface area contributed by atoms with Gasteiger partial charge in [0.2, 0.25) is 0 Å². The first kappa shape index (κ1) is 11.4. The first-order valence-corrected chi connectivity index (χ1v) is 5.43. The molecule has 0 saturated heterocycles. The van der Waals surface area contributed by atoms with Gasteiger partial charge in [-0.3, -0.25) is 0 Å². The van der Waals surface area contributed by atoms with Gasteiger partial charge in [-0.2, -0.15) is 24.9 Å². The molecule has 1 aromatic carbocycles. The van der Waals surface area contributed by atoms with Crippen LogP contribution in [0, 0.1) is 0 Å². The average molecular weight is 220 g/mol. The first-order valence-electron chi connectivity index (χ1n) is 4.28. The molecule has 0 fully saturated rings. The zero-order valence-electron chi connectivity index (χ0n) is 7.77. The van der Waals surface area contributed by atoms with Crippen molar-refractivity contribution in [1.82, 2.24) is 0 Å². The van der Waals surface area contributed by atoms with Crippen LogP contribution in [-0.2, 0) is 11.9 Å². The SMILES string of the molecule is CCSCc1ccc(C(F)(F)F)cc1. The molecule has 0 radical (unpaired) electrons. The number of hydrogen-bond donors (Lipinski definition) is 0. The third-order valence-electron chi connectivity index (χ3n) is 1.75. The van der Waals surface area contributed by atoms with E-state index in [0.717, 1.165) is 29.2 Å². The monoisotopic (exact) mass is 220 g/mol. The van der Waals surface area contributed by atoms with Gasteiger partial charge in [-0.15, -0.1) is 0 Å². The number of halogens is 3. The van der Waals surface area contributed by atoms with E-state index in [-0.39, 0.29) is 0 Å². The van der Waals surface area contributed by atoms with Crippen molar-refractivity contribution in [2.75, 3.05) is 5.75 Å². The van der Waals surface area contributed by atoms with Gasteiger partial charge >= 0.3 is 6.18 Å². The molecule has 0 aliphatic rings. The lowest BCUT2D eigenvalue weighted by atomic mass is 10.1. The molecular formula is C10H11F3S. The molecule has 0 heterocycles. The molecule has 1 rings (SSSR count). The van der Waals surface area contributed by atoms with Gasteiger partial charge in [0.05, 0.1) is 5.56 Å². The standard InChI is InChI=1S/C10H11F3S/c1-2-14-7-8-3-5-9(6-4-8)10(11,12)13/h3-6H,2,7H2,1H3. The number of benzene rings is 1. The molecule has 0 aliphatic carbocycles. The summed E-state index contributed by atoms with van der Waals surface area (Å²) >= 11 is 1.69. The second kappa shape index (κ2) is 4.73. The van der Waals surface area contributed by atoms with Gasteiger partial charge in [0, 0.05) is 5.75 Å². The Morgan fingerprint density at radius 1 is 1.14 bits per heavy atom. The normalized spacial score (nSPS) is 11.7. The molecular weight excluding hydrogens is 209 g/mol. The van der Waals surface area contributed by atoms with Crippen molar-refractivity contribution in [2.24, 2.45) is 0 Å². The van der Waals surface area contributed by atoms with Crippen LogP contribution >= 0.6 is 11.8 Å². The zero-order valence-corrected chi connectivity index (χ0v) is 8.58. The van der Waals surface area contributed by atoms with Crippen molar-refractivity contribution in [2.45, 2.75) is 18.9 Å². The van der Waals surface area contributed by atoms with Gasteiger partial charge in [0.1, 0.15) is 0 Å². The molecule has 4 heteroatoms. The number of hydrogen-bond acceptors (Lipinski definition) is 1. The summed E-state index contributed by atoms with van der Waals surface area (Å²) in [5, 5.41) is 0. The van der Waals surface area contributed by atoms with Gasteiger partial charge in [-0.05, 0) is 23.4 Å². The number of rotatable bonds is 3. The topological polar surface area (TPSA) is 0 Å². The molecule has 1 aromatic rings. The van der Waals surface area contributed by atoms with Crippen LogP contribution in [0.1, 0.15) is 18.1 Å². The highest BCUT2D eigenvalue weighted by atomic mass is 32.2. The molecule has 0 saturated carbocycles. The summed E-state index contributed by atoms with van der Waals surface area (Å²) < 4.78 is 36.5. The Morgan fingerprint density at radius 3 is 2.14 bits per heavy atom. The van der Waals surface area contributed by atoms with Crippen LogP contribution in [0.5, 0.6) is 0 Å². The van der Waals surface area contributed by atoms with E-state index in [0.29, 0.717) is 0 Å². The Labute approximate surface area is 85.5 Å². The van der Waals surface area contributed by atoms with E-state index in [9.17, 15) is 13.2 Å². The average Bonchev–Trinajstić information content (AvgIpc) is 2.14. The van der Waals surface area contributed by atoms with E-state index in [1.807, 2.05) is 6.92 Å². The number of alkyl halides is 3. The molecule has 0 N–H and O–H groups in total. The van der Waals surface area contributed by atoms with E-state index in [2.05, 4.69) is 0 Å². The van der Waals surface area contributed by atoms with E-state index < -0.39 is 11.7 Å². The van der Waals surface area contributed by atoms with Gasteiger partial charge in [0.25, 0.3) is 0 Å². The van der Waals surface area contributed by atoms with Crippen molar-refractivity contribution in [3.05, 3.63) is 35.4 Å². The molecule has 0 bridgehead atoms. The minimum absolute atomic E-state index is 0.581. The maximum atomic E-state index is 12.2. The largest absolute Gasteiger partial charge is 0.416 e. The Hall–Kier alpha value is -0.640. The molecule has 0 nitrogen and oxygen atoms in total. The van der Waals surface area contributed by atoms with Crippen LogP contribution in [-0.4, -0.2) is 5.75 Å². The second-order valence-electron chi connectivity index (χ2n) is 2.83. The van der Waals surface area contributed by atoms with E-state index in [4.69, 9.17) is 0 Å². The molecule has 0 aliphatic heterocycles. The predicted molar refractivity (Wildman–Crippen MR) is 53.3 cm³/mol. The summed E-state index contributed by atoms with van der Waals surface area (Å²) in [5.41, 5.74) is 0.354. The molecule has 0 aromatic heterocycles. The van der Waals surface area contributed by atoms with Crippen LogP contribution in [0.25, 0.3) is 0 Å². The van der Waals surface area contributed by atoms with Crippen molar-refractivity contribution >= 4 is 11.8 Å². The fraction of sp³-hybridized carbons (Fsp3) is 0.400. The zero-order chi connectivity index (χ0) is 10.6. The van der Waals surface area contributed by atoms with Gasteiger partial charge in [0.15, 0.2) is 0 Å². The van der Waals surface area contributed by atoms with Crippen LogP contribution in [0.3, 0.4) is 0 Å². The third kappa shape index (κ3) is 3.25. The van der Waals surface area contributed by atoms with Crippen LogP contribution < -0.4 is 0 Å². The molecule has 0 amide bonds.